The van der Waals surface area contributed by atoms with Gasteiger partial charge in [-0.3, -0.25) is 14.9 Å². The first kappa shape index (κ1) is 22.0. The average Bonchev–Trinajstić information content (AvgIpc) is 3.00. The van der Waals surface area contributed by atoms with Gasteiger partial charge in [0.25, 0.3) is 11.6 Å². The molecule has 2 aromatic carbocycles. The fraction of sp³-hybridized carbons (Fsp3) is 0.130. The van der Waals surface area contributed by atoms with Crippen LogP contribution >= 0.6 is 15.9 Å². The number of rotatable bonds is 5. The van der Waals surface area contributed by atoms with Crippen LogP contribution in [0.1, 0.15) is 22.5 Å². The molecular weight excluding hydrogens is 460 g/mol. The molecule has 31 heavy (non-hydrogen) atoms. The number of nitrogens with zero attached hydrogens (tertiary/aromatic N) is 3. The van der Waals surface area contributed by atoms with E-state index in [1.54, 1.807) is 36.4 Å². The van der Waals surface area contributed by atoms with E-state index in [0.717, 1.165) is 32.7 Å². The summed E-state index contributed by atoms with van der Waals surface area (Å²) in [6, 6.07) is 15.6. The summed E-state index contributed by atoms with van der Waals surface area (Å²) in [6.07, 6.45) is 1.55. The Morgan fingerprint density at radius 1 is 1.16 bits per heavy atom. The predicted molar refractivity (Wildman–Crippen MR) is 123 cm³/mol. The molecular formula is C23H19BrN4O3. The molecule has 0 saturated heterocycles. The number of hydrogen-bond donors (Lipinski definition) is 1. The minimum atomic E-state index is -0.499. The molecule has 7 nitrogen and oxygen atoms in total. The summed E-state index contributed by atoms with van der Waals surface area (Å²) >= 11 is 3.34. The molecule has 0 aliphatic rings. The van der Waals surface area contributed by atoms with Crippen LogP contribution in [0.15, 0.2) is 58.6 Å². The molecule has 1 aromatic heterocycles. The molecule has 0 aliphatic heterocycles. The van der Waals surface area contributed by atoms with Crippen LogP contribution in [0, 0.1) is 42.2 Å². The Morgan fingerprint density at radius 2 is 1.84 bits per heavy atom. The van der Waals surface area contributed by atoms with Crippen LogP contribution in [0.5, 0.6) is 0 Å². The van der Waals surface area contributed by atoms with E-state index in [2.05, 4.69) is 21.2 Å². The van der Waals surface area contributed by atoms with Crippen molar-refractivity contribution in [1.29, 1.82) is 5.26 Å². The van der Waals surface area contributed by atoms with Gasteiger partial charge in [0.15, 0.2) is 0 Å². The van der Waals surface area contributed by atoms with E-state index in [-0.39, 0.29) is 11.3 Å². The summed E-state index contributed by atoms with van der Waals surface area (Å²) in [5, 5.41) is 23.3. The van der Waals surface area contributed by atoms with Crippen LogP contribution in [-0.4, -0.2) is 15.4 Å². The van der Waals surface area contributed by atoms with E-state index < -0.39 is 10.8 Å². The van der Waals surface area contributed by atoms with Crippen molar-refractivity contribution in [2.24, 2.45) is 0 Å². The Balaban J connectivity index is 1.95. The summed E-state index contributed by atoms with van der Waals surface area (Å²) in [7, 11) is 0. The number of nitrogens with one attached hydrogen (secondary N) is 1. The van der Waals surface area contributed by atoms with E-state index in [0.29, 0.717) is 5.69 Å². The van der Waals surface area contributed by atoms with Crippen molar-refractivity contribution in [3.63, 3.8) is 0 Å². The van der Waals surface area contributed by atoms with Crippen molar-refractivity contribution < 1.29 is 9.72 Å². The highest BCUT2D eigenvalue weighted by molar-refractivity contribution is 9.10. The number of halogens is 1. The maximum absolute atomic E-state index is 12.6. The first-order valence-electron chi connectivity index (χ1n) is 9.34. The molecule has 156 valence electrons. The third kappa shape index (κ3) is 4.73. The van der Waals surface area contributed by atoms with Gasteiger partial charge in [-0.25, -0.2) is 0 Å². The zero-order chi connectivity index (χ0) is 22.7. The van der Waals surface area contributed by atoms with E-state index in [1.165, 1.54) is 12.1 Å². The highest BCUT2D eigenvalue weighted by Crippen LogP contribution is 2.27. The summed E-state index contributed by atoms with van der Waals surface area (Å²) in [4.78, 5) is 23.2. The number of carbonyl (C=O) groups excluding carboxylic acids is 1. The molecule has 0 aliphatic carbocycles. The molecule has 3 aromatic rings. The van der Waals surface area contributed by atoms with Crippen LogP contribution in [0.25, 0.3) is 11.8 Å². The Kier molecular flexibility index (Phi) is 6.37. The van der Waals surface area contributed by atoms with Gasteiger partial charge in [0.2, 0.25) is 0 Å². The summed E-state index contributed by atoms with van der Waals surface area (Å²) < 4.78 is 2.84. The van der Waals surface area contributed by atoms with Crippen LogP contribution in [0.4, 0.5) is 11.4 Å². The summed E-state index contributed by atoms with van der Waals surface area (Å²) in [6.45, 7) is 5.59. The lowest BCUT2D eigenvalue weighted by molar-refractivity contribution is -0.384. The molecule has 0 atom stereocenters. The lowest BCUT2D eigenvalue weighted by atomic mass is 10.1. The Morgan fingerprint density at radius 3 is 2.42 bits per heavy atom. The van der Waals surface area contributed by atoms with E-state index >= 15 is 0 Å². The standard InChI is InChI=1S/C23H19BrN4O3/c1-14-10-21(28(30)31)8-9-22(14)27-15(2)11-17(16(27)3)12-18(13-25)23(29)26-20-6-4-19(24)5-7-20/h4-12H,1-3H3,(H,26,29)/b18-12-. The smallest absolute Gasteiger partial charge is 0.269 e. The van der Waals surface area contributed by atoms with Gasteiger partial charge in [-0.1, -0.05) is 15.9 Å². The fourth-order valence-corrected chi connectivity index (χ4v) is 3.61. The molecule has 0 bridgehead atoms. The number of hydrogen-bond acceptors (Lipinski definition) is 4. The molecule has 1 N–H and O–H groups in total. The Labute approximate surface area is 187 Å². The highest BCUT2D eigenvalue weighted by atomic mass is 79.9. The van der Waals surface area contributed by atoms with Gasteiger partial charge in [0, 0.05) is 39.4 Å². The third-order valence-electron chi connectivity index (χ3n) is 4.87. The van der Waals surface area contributed by atoms with Crippen molar-refractivity contribution in [3.05, 3.63) is 91.2 Å². The number of aryl methyl sites for hydroxylation is 2. The molecule has 0 radical (unpaired) electrons. The zero-order valence-electron chi connectivity index (χ0n) is 17.1. The first-order valence-corrected chi connectivity index (χ1v) is 10.1. The number of nitriles is 1. The van der Waals surface area contributed by atoms with Gasteiger partial charge in [0.1, 0.15) is 11.6 Å². The van der Waals surface area contributed by atoms with E-state index in [4.69, 9.17) is 0 Å². The average molecular weight is 479 g/mol. The van der Waals surface area contributed by atoms with Gasteiger partial charge < -0.3 is 9.88 Å². The lowest BCUT2D eigenvalue weighted by Gasteiger charge is -2.12. The number of aromatic nitrogens is 1. The number of benzene rings is 2. The molecule has 0 saturated carbocycles. The molecule has 0 unspecified atom stereocenters. The highest BCUT2D eigenvalue weighted by Gasteiger charge is 2.16. The quantitative estimate of drug-likeness (QED) is 0.222. The van der Waals surface area contributed by atoms with Gasteiger partial charge in [-0.05, 0) is 74.4 Å². The van der Waals surface area contributed by atoms with Crippen molar-refractivity contribution in [2.75, 3.05) is 5.32 Å². The molecule has 1 amide bonds. The molecule has 8 heteroatoms. The van der Waals surface area contributed by atoms with Gasteiger partial charge >= 0.3 is 0 Å². The van der Waals surface area contributed by atoms with Gasteiger partial charge in [0.05, 0.1) is 4.92 Å². The van der Waals surface area contributed by atoms with Crippen LogP contribution < -0.4 is 5.32 Å². The van der Waals surface area contributed by atoms with Crippen molar-refractivity contribution in [2.45, 2.75) is 20.8 Å². The lowest BCUT2D eigenvalue weighted by Crippen LogP contribution is -2.13. The minimum Gasteiger partial charge on any atom is -0.321 e. The number of amides is 1. The first-order chi connectivity index (χ1) is 14.7. The number of nitro benzene ring substituents is 1. The number of anilines is 1. The second kappa shape index (κ2) is 8.98. The van der Waals surface area contributed by atoms with Crippen molar-refractivity contribution >= 4 is 39.3 Å². The van der Waals surface area contributed by atoms with Crippen LogP contribution in [0.3, 0.4) is 0 Å². The van der Waals surface area contributed by atoms with Gasteiger partial charge in [-0.15, -0.1) is 0 Å². The minimum absolute atomic E-state index is 0.0245. The topological polar surface area (TPSA) is 101 Å². The number of non-ortho nitro benzene ring substituents is 1. The largest absolute Gasteiger partial charge is 0.321 e. The molecule has 0 fully saturated rings. The fourth-order valence-electron chi connectivity index (χ4n) is 3.34. The second-order valence-corrected chi connectivity index (χ2v) is 7.94. The molecule has 1 heterocycles. The van der Waals surface area contributed by atoms with Gasteiger partial charge in [-0.2, -0.15) is 5.26 Å². The van der Waals surface area contributed by atoms with Crippen molar-refractivity contribution in [3.8, 4) is 11.8 Å². The van der Waals surface area contributed by atoms with E-state index in [1.807, 2.05) is 37.5 Å². The maximum atomic E-state index is 12.6. The molecule has 3 rings (SSSR count). The van der Waals surface area contributed by atoms with Crippen molar-refractivity contribution in [1.82, 2.24) is 4.57 Å². The van der Waals surface area contributed by atoms with Crippen LogP contribution in [-0.2, 0) is 4.79 Å². The normalized spacial score (nSPS) is 11.1. The summed E-state index contributed by atoms with van der Waals surface area (Å²) in [5.74, 6) is -0.499. The predicted octanol–water partition coefficient (Wildman–Crippen LogP) is 5.62. The second-order valence-electron chi connectivity index (χ2n) is 7.02. The number of carbonyl (C=O) groups is 1. The Hall–Kier alpha value is -3.70. The van der Waals surface area contributed by atoms with E-state index in [9.17, 15) is 20.2 Å². The maximum Gasteiger partial charge on any atom is 0.269 e. The third-order valence-corrected chi connectivity index (χ3v) is 5.40. The SMILES string of the molecule is Cc1cc([N+](=O)[O-])ccc1-n1c(C)cc(/C=C(/C#N)C(=O)Nc2ccc(Br)cc2)c1C. The number of nitro groups is 1. The summed E-state index contributed by atoms with van der Waals surface area (Å²) in [5.41, 5.74) is 4.56. The van der Waals surface area contributed by atoms with Crippen LogP contribution in [0.2, 0.25) is 0 Å². The molecule has 0 spiro atoms. The zero-order valence-corrected chi connectivity index (χ0v) is 18.7. The Bertz CT molecular complexity index is 1250. The monoisotopic (exact) mass is 478 g/mol.